The number of esters is 2. The number of carbonyl (C=O) groups excluding carboxylic acids is 3. The number of aromatic nitrogens is 1. The molecule has 3 N–H and O–H groups in total. The Morgan fingerprint density at radius 1 is 1.16 bits per heavy atom. The maximum Gasteiger partial charge on any atom is 0.457 e. The number of alkyl halides is 3. The molecule has 0 radical (unpaired) electrons. The lowest BCUT2D eigenvalue weighted by molar-refractivity contribution is -0.156. The molecule has 2 aliphatic rings. The van der Waals surface area contributed by atoms with Crippen molar-refractivity contribution in [1.29, 1.82) is 0 Å². The van der Waals surface area contributed by atoms with Crippen LogP contribution in [0.15, 0.2) is 18.5 Å². The largest absolute Gasteiger partial charge is 0.469 e. The molecule has 16 heteroatoms. The maximum absolute atomic E-state index is 11.7. The number of aryl methyl sites for hydroxylation is 1. The summed E-state index contributed by atoms with van der Waals surface area (Å²) in [7, 11) is 1.35. The third-order valence-corrected chi connectivity index (χ3v) is 7.80. The molecule has 256 valence electrons. The Morgan fingerprint density at radius 2 is 1.76 bits per heavy atom. The summed E-state index contributed by atoms with van der Waals surface area (Å²) in [4.78, 5) is 35.9. The van der Waals surface area contributed by atoms with E-state index in [4.69, 9.17) is 33.6 Å². The highest BCUT2D eigenvalue weighted by atomic mass is 19.4. The summed E-state index contributed by atoms with van der Waals surface area (Å²) in [6.07, 6.45) is 2.85. The van der Waals surface area contributed by atoms with Crippen molar-refractivity contribution in [2.45, 2.75) is 97.2 Å². The van der Waals surface area contributed by atoms with Gasteiger partial charge in [0, 0.05) is 18.9 Å². The number of hydrogen-bond donors (Lipinski definition) is 3. The van der Waals surface area contributed by atoms with Crippen molar-refractivity contribution >= 4 is 32.5 Å². The Morgan fingerprint density at radius 3 is 2.27 bits per heavy atom. The van der Waals surface area contributed by atoms with Gasteiger partial charge in [-0.2, -0.15) is 13.2 Å². The molecule has 2 atom stereocenters. The van der Waals surface area contributed by atoms with Crippen molar-refractivity contribution in [1.82, 2.24) is 10.3 Å². The lowest BCUT2D eigenvalue weighted by Crippen LogP contribution is -2.41. The van der Waals surface area contributed by atoms with E-state index in [0.717, 1.165) is 50.5 Å². The molecule has 1 aromatic rings. The molecule has 0 bridgehead atoms. The van der Waals surface area contributed by atoms with Crippen molar-refractivity contribution < 1.29 is 56.4 Å². The van der Waals surface area contributed by atoms with Crippen LogP contribution in [-0.4, -0.2) is 92.2 Å². The first-order valence-corrected chi connectivity index (χ1v) is 14.5. The first kappa shape index (κ1) is 42.5. The van der Waals surface area contributed by atoms with Crippen LogP contribution in [-0.2, 0) is 34.8 Å². The summed E-state index contributed by atoms with van der Waals surface area (Å²) >= 11 is 0. The normalized spacial score (nSPS) is 19.8. The number of carbonyl (C=O) groups is 3. The third-order valence-electron chi connectivity index (χ3n) is 7.80. The molecule has 0 aliphatic carbocycles. The molecule has 0 saturated carbocycles. The molecule has 45 heavy (non-hydrogen) atoms. The highest BCUT2D eigenvalue weighted by Crippen LogP contribution is 2.38. The monoisotopic (exact) mass is 648 g/mol. The first-order chi connectivity index (χ1) is 20.5. The van der Waals surface area contributed by atoms with Gasteiger partial charge in [0.1, 0.15) is 0 Å². The second kappa shape index (κ2) is 19.9. The molecular weight excluding hydrogens is 599 g/mol. The van der Waals surface area contributed by atoms with Crippen LogP contribution in [0.3, 0.4) is 0 Å². The van der Waals surface area contributed by atoms with Gasteiger partial charge in [-0.1, -0.05) is 20.3 Å². The molecule has 2 fully saturated rings. The number of halogens is 3. The lowest BCUT2D eigenvalue weighted by Gasteiger charge is -2.32. The summed E-state index contributed by atoms with van der Waals surface area (Å²) < 4.78 is 52.8. The van der Waals surface area contributed by atoms with Crippen LogP contribution in [0.5, 0.6) is 0 Å². The molecule has 3 heterocycles. The van der Waals surface area contributed by atoms with Gasteiger partial charge in [0.2, 0.25) is 6.29 Å². The zero-order valence-corrected chi connectivity index (χ0v) is 26.3. The predicted molar refractivity (Wildman–Crippen MR) is 164 cm³/mol. The van der Waals surface area contributed by atoms with Gasteiger partial charge in [-0.3, -0.25) is 14.6 Å². The number of ether oxygens (including phenoxy) is 2. The molecule has 2 aliphatic heterocycles. The SMILES string of the molecule is C.COC(=O)C1CNCCC1CCCB(O)O.COC(=O)c1cnccc1CCCB1OC(C)(C)C(C)(C)O1.O=CC(F)(F)F. The number of rotatable bonds is 10. The highest BCUT2D eigenvalue weighted by Gasteiger charge is 2.50. The molecule has 0 spiro atoms. The van der Waals surface area contributed by atoms with E-state index < -0.39 is 19.6 Å². The molecular formula is C29H49B2F3N2O9. The molecule has 0 amide bonds. The number of nitrogens with zero attached hydrogens (tertiary/aromatic N) is 1. The van der Waals surface area contributed by atoms with Crippen LogP contribution in [0, 0.1) is 11.8 Å². The van der Waals surface area contributed by atoms with Crippen LogP contribution < -0.4 is 5.32 Å². The number of nitrogens with one attached hydrogen (secondary N) is 1. The standard InChI is InChI=1S/C16H24BNO4.C10H20BNO4.C2HF3O.CH4/c1-15(2)16(3,4)22-17(21-15)9-6-7-12-8-10-18-11-13(12)14(19)20-5;1-16-10(13)9-7-12-6-4-8(9)3-2-5-11(14)15;3-2(4,5)1-6;/h8,10-11H,6-7,9H2,1-5H3;8-9,12,14-15H,2-7H2,1H3;1H;1H4. The Balaban J connectivity index is 0.000000739. The second-order valence-electron chi connectivity index (χ2n) is 11.6. The summed E-state index contributed by atoms with van der Waals surface area (Å²) in [6.45, 7) is 9.77. The van der Waals surface area contributed by atoms with Crippen LogP contribution >= 0.6 is 0 Å². The first-order valence-electron chi connectivity index (χ1n) is 14.5. The van der Waals surface area contributed by atoms with Crippen LogP contribution in [0.2, 0.25) is 12.6 Å². The fraction of sp³-hybridized carbons (Fsp3) is 0.724. The van der Waals surface area contributed by atoms with Gasteiger partial charge in [-0.25, -0.2) is 4.79 Å². The number of methoxy groups -OCH3 is 2. The van der Waals surface area contributed by atoms with Gasteiger partial charge < -0.3 is 34.1 Å². The Bertz CT molecular complexity index is 1030. The lowest BCUT2D eigenvalue weighted by atomic mass is 9.78. The zero-order valence-electron chi connectivity index (χ0n) is 26.3. The summed E-state index contributed by atoms with van der Waals surface area (Å²) in [6, 6.07) is 1.86. The average molecular weight is 648 g/mol. The van der Waals surface area contributed by atoms with Crippen molar-refractivity contribution in [3.05, 3.63) is 29.6 Å². The molecule has 3 rings (SSSR count). The highest BCUT2D eigenvalue weighted by molar-refractivity contribution is 6.45. The predicted octanol–water partition coefficient (Wildman–Crippen LogP) is 3.91. The van der Waals surface area contributed by atoms with Crippen molar-refractivity contribution in [3.63, 3.8) is 0 Å². The van der Waals surface area contributed by atoms with E-state index >= 15 is 0 Å². The number of aldehydes is 1. The summed E-state index contributed by atoms with van der Waals surface area (Å²) in [5.74, 6) is -0.303. The zero-order chi connectivity index (χ0) is 33.6. The molecule has 0 aromatic carbocycles. The summed E-state index contributed by atoms with van der Waals surface area (Å²) in [5, 5.41) is 20.7. The van der Waals surface area contributed by atoms with E-state index in [0.29, 0.717) is 24.3 Å². The van der Waals surface area contributed by atoms with Gasteiger partial charge >= 0.3 is 32.4 Å². The van der Waals surface area contributed by atoms with Crippen molar-refractivity contribution in [3.8, 4) is 0 Å². The van der Waals surface area contributed by atoms with E-state index in [9.17, 15) is 22.8 Å². The Labute approximate surface area is 265 Å². The number of piperidine rings is 1. The fourth-order valence-corrected chi connectivity index (χ4v) is 4.73. The quantitative estimate of drug-likeness (QED) is 0.192. The van der Waals surface area contributed by atoms with E-state index in [1.165, 1.54) is 14.2 Å². The topological polar surface area (TPSA) is 154 Å². The van der Waals surface area contributed by atoms with Gasteiger partial charge in [-0.05, 0) is 83.7 Å². The molecule has 2 unspecified atom stereocenters. The third kappa shape index (κ3) is 15.1. The van der Waals surface area contributed by atoms with Crippen LogP contribution in [0.4, 0.5) is 13.2 Å². The minimum atomic E-state index is -4.64. The smallest absolute Gasteiger partial charge is 0.457 e. The van der Waals surface area contributed by atoms with Crippen LogP contribution in [0.1, 0.15) is 76.7 Å². The van der Waals surface area contributed by atoms with E-state index in [-0.39, 0.29) is 43.6 Å². The van der Waals surface area contributed by atoms with E-state index in [1.807, 2.05) is 33.8 Å². The summed E-state index contributed by atoms with van der Waals surface area (Å²) in [5.41, 5.74) is 0.870. The van der Waals surface area contributed by atoms with Gasteiger partial charge in [-0.15, -0.1) is 0 Å². The second-order valence-corrected chi connectivity index (χ2v) is 11.6. The van der Waals surface area contributed by atoms with Gasteiger partial charge in [0.05, 0.1) is 36.9 Å². The number of hydrogen-bond acceptors (Lipinski definition) is 11. The number of pyridine rings is 1. The molecule has 2 saturated heterocycles. The van der Waals surface area contributed by atoms with Gasteiger partial charge in [0.25, 0.3) is 0 Å². The fourth-order valence-electron chi connectivity index (χ4n) is 4.73. The van der Waals surface area contributed by atoms with Crippen LogP contribution in [0.25, 0.3) is 0 Å². The molecule has 11 nitrogen and oxygen atoms in total. The Hall–Kier alpha value is -2.52. The van der Waals surface area contributed by atoms with Gasteiger partial charge in [0.15, 0.2) is 0 Å². The van der Waals surface area contributed by atoms with E-state index in [2.05, 4.69) is 10.3 Å². The van der Waals surface area contributed by atoms with E-state index in [1.54, 1.807) is 12.4 Å². The minimum Gasteiger partial charge on any atom is -0.469 e. The van der Waals surface area contributed by atoms with Crippen molar-refractivity contribution in [2.75, 3.05) is 27.3 Å². The average Bonchev–Trinajstić information content (AvgIpc) is 3.18. The maximum atomic E-state index is 11.7. The Kier molecular flexibility index (Phi) is 18.8. The molecule has 1 aromatic heterocycles. The van der Waals surface area contributed by atoms with Crippen molar-refractivity contribution in [2.24, 2.45) is 11.8 Å². The minimum absolute atomic E-state index is 0.